The maximum atomic E-state index is 12.9. The van der Waals surface area contributed by atoms with Gasteiger partial charge >= 0.3 is 12.0 Å². The van der Waals surface area contributed by atoms with Crippen LogP contribution in [0.2, 0.25) is 0 Å². The zero-order valence-corrected chi connectivity index (χ0v) is 9.92. The van der Waals surface area contributed by atoms with Gasteiger partial charge in [-0.1, -0.05) is 18.2 Å². The Morgan fingerprint density at radius 1 is 1.44 bits per heavy atom. The molecule has 0 aromatic heterocycles. The van der Waals surface area contributed by atoms with E-state index >= 15 is 0 Å². The van der Waals surface area contributed by atoms with Crippen LogP contribution in [-0.2, 0) is 0 Å². The fourth-order valence-corrected chi connectivity index (χ4v) is 1.21. The third-order valence-corrected chi connectivity index (χ3v) is 2.03. The Labute approximate surface area is 107 Å². The summed E-state index contributed by atoms with van der Waals surface area (Å²) in [7, 11) is 0. The van der Waals surface area contributed by atoms with Crippen molar-refractivity contribution in [3.05, 3.63) is 41.2 Å². The number of rotatable bonds is 4. The maximum Gasteiger partial charge on any atom is 0.337 e. The first-order valence-electron chi connectivity index (χ1n) is 4.81. The number of aromatic carboxylic acids is 1. The van der Waals surface area contributed by atoms with Gasteiger partial charge in [-0.15, -0.1) is 0 Å². The normalized spacial score (nSPS) is 9.67. The molecule has 7 heteroatoms. The van der Waals surface area contributed by atoms with E-state index in [2.05, 4.69) is 17.2 Å². The van der Waals surface area contributed by atoms with E-state index in [-0.39, 0.29) is 22.8 Å². The second-order valence-corrected chi connectivity index (χ2v) is 3.85. The molecule has 0 atom stereocenters. The lowest BCUT2D eigenvalue weighted by atomic mass is 10.2. The van der Waals surface area contributed by atoms with Gasteiger partial charge < -0.3 is 15.7 Å². The van der Waals surface area contributed by atoms with Gasteiger partial charge in [0.15, 0.2) is 0 Å². The maximum absolute atomic E-state index is 12.9. The van der Waals surface area contributed by atoms with E-state index in [1.54, 1.807) is 0 Å². The number of carbonyl (C=O) groups is 2. The lowest BCUT2D eigenvalue weighted by Gasteiger charge is -2.09. The summed E-state index contributed by atoms with van der Waals surface area (Å²) in [5.41, 5.74) is -0.351. The minimum Gasteiger partial charge on any atom is -0.478 e. The summed E-state index contributed by atoms with van der Waals surface area (Å²) in [6.45, 7) is 3.41. The largest absolute Gasteiger partial charge is 0.478 e. The Balaban J connectivity index is 2.81. The zero-order chi connectivity index (χ0) is 13.7. The van der Waals surface area contributed by atoms with Crippen LogP contribution in [0.4, 0.5) is 14.9 Å². The highest BCUT2D eigenvalue weighted by Crippen LogP contribution is 2.16. The molecule has 0 aliphatic carbocycles. The number of carboxylic acid groups (broad SMARTS) is 1. The van der Waals surface area contributed by atoms with Crippen molar-refractivity contribution in [3.63, 3.8) is 0 Å². The Hall–Kier alpha value is -2.08. The predicted molar refractivity (Wildman–Crippen MR) is 65.4 cm³/mol. The summed E-state index contributed by atoms with van der Waals surface area (Å²) in [4.78, 5) is 22.2. The Morgan fingerprint density at radius 3 is 2.67 bits per heavy atom. The average molecular weight is 273 g/mol. The molecular weight excluding hydrogens is 263 g/mol. The van der Waals surface area contributed by atoms with E-state index < -0.39 is 17.8 Å². The molecule has 0 aliphatic heterocycles. The molecule has 0 unspecified atom stereocenters. The second kappa shape index (κ2) is 6.02. The highest BCUT2D eigenvalue weighted by molar-refractivity contribution is 6.29. The van der Waals surface area contributed by atoms with Gasteiger partial charge in [-0.05, 0) is 18.2 Å². The highest BCUT2D eigenvalue weighted by Gasteiger charge is 2.13. The Kier molecular flexibility index (Phi) is 4.67. The minimum atomic E-state index is -1.34. The van der Waals surface area contributed by atoms with Gasteiger partial charge in [-0.2, -0.15) is 0 Å². The predicted octanol–water partition coefficient (Wildman–Crippen LogP) is 2.40. The number of carbonyl (C=O) groups excluding carboxylic acids is 1. The van der Waals surface area contributed by atoms with Crippen molar-refractivity contribution >= 4 is 29.3 Å². The summed E-state index contributed by atoms with van der Waals surface area (Å²) in [5.74, 6) is -2.04. The van der Waals surface area contributed by atoms with Gasteiger partial charge in [-0.3, -0.25) is 0 Å². The van der Waals surface area contributed by atoms with Gasteiger partial charge in [0.05, 0.1) is 17.8 Å². The van der Waals surface area contributed by atoms with Crippen molar-refractivity contribution in [2.45, 2.75) is 0 Å². The van der Waals surface area contributed by atoms with E-state index in [1.807, 2.05) is 0 Å². The first-order chi connectivity index (χ1) is 8.40. The number of carboxylic acids is 1. The van der Waals surface area contributed by atoms with E-state index in [1.165, 1.54) is 0 Å². The SMILES string of the molecule is C=C(Cl)CNC(=O)Nc1ccc(F)cc1C(=O)O. The molecule has 0 saturated heterocycles. The topological polar surface area (TPSA) is 78.4 Å². The fraction of sp³-hybridized carbons (Fsp3) is 0.0909. The quantitative estimate of drug-likeness (QED) is 0.787. The van der Waals surface area contributed by atoms with Crippen molar-refractivity contribution in [3.8, 4) is 0 Å². The monoisotopic (exact) mass is 272 g/mol. The second-order valence-electron chi connectivity index (χ2n) is 3.32. The molecule has 3 N–H and O–H groups in total. The summed E-state index contributed by atoms with van der Waals surface area (Å²) in [6, 6.07) is 2.36. The van der Waals surface area contributed by atoms with Crippen LogP contribution in [0.25, 0.3) is 0 Å². The summed E-state index contributed by atoms with van der Waals surface area (Å²) in [6.07, 6.45) is 0. The van der Waals surface area contributed by atoms with Crippen molar-refractivity contribution in [2.75, 3.05) is 11.9 Å². The van der Waals surface area contributed by atoms with E-state index in [0.717, 1.165) is 18.2 Å². The van der Waals surface area contributed by atoms with Crippen LogP contribution in [0.15, 0.2) is 29.8 Å². The molecule has 0 saturated carbocycles. The van der Waals surface area contributed by atoms with Gasteiger partial charge in [-0.25, -0.2) is 14.0 Å². The number of urea groups is 1. The first-order valence-corrected chi connectivity index (χ1v) is 5.19. The van der Waals surface area contributed by atoms with Gasteiger partial charge in [0.2, 0.25) is 0 Å². The van der Waals surface area contributed by atoms with Gasteiger partial charge in [0.25, 0.3) is 0 Å². The molecule has 0 radical (unpaired) electrons. The minimum absolute atomic E-state index is 0.0124. The van der Waals surface area contributed by atoms with E-state index in [9.17, 15) is 14.0 Å². The number of halogens is 2. The third kappa shape index (κ3) is 4.06. The van der Waals surface area contributed by atoms with Crippen LogP contribution in [0, 0.1) is 5.82 Å². The van der Waals surface area contributed by atoms with E-state index in [0.29, 0.717) is 0 Å². The standard InChI is InChI=1S/C11H10ClFN2O3/c1-6(12)5-14-11(18)15-9-3-2-7(13)4-8(9)10(16)17/h2-4H,1,5H2,(H,16,17)(H2,14,15,18). The molecule has 18 heavy (non-hydrogen) atoms. The molecule has 0 aliphatic rings. The molecule has 2 amide bonds. The van der Waals surface area contributed by atoms with Crippen molar-refractivity contribution in [2.24, 2.45) is 0 Å². The van der Waals surface area contributed by atoms with Gasteiger partial charge in [0, 0.05) is 5.03 Å². The molecule has 0 fully saturated rings. The number of benzene rings is 1. The third-order valence-electron chi connectivity index (χ3n) is 1.90. The zero-order valence-electron chi connectivity index (χ0n) is 9.17. The number of amides is 2. The van der Waals surface area contributed by atoms with Gasteiger partial charge in [0.1, 0.15) is 5.82 Å². The highest BCUT2D eigenvalue weighted by atomic mass is 35.5. The Bertz CT molecular complexity index is 505. The lowest BCUT2D eigenvalue weighted by molar-refractivity contribution is 0.0697. The molecule has 5 nitrogen and oxygen atoms in total. The number of hydrogen-bond donors (Lipinski definition) is 3. The number of anilines is 1. The van der Waals surface area contributed by atoms with Crippen molar-refractivity contribution < 1.29 is 19.1 Å². The molecule has 0 heterocycles. The molecule has 1 rings (SSSR count). The van der Waals surface area contributed by atoms with Crippen molar-refractivity contribution in [1.29, 1.82) is 0 Å². The summed E-state index contributed by atoms with van der Waals surface area (Å²) in [5, 5.41) is 13.7. The van der Waals surface area contributed by atoms with Crippen LogP contribution in [0.1, 0.15) is 10.4 Å². The fourth-order valence-electron chi connectivity index (χ4n) is 1.15. The van der Waals surface area contributed by atoms with Crippen LogP contribution in [-0.4, -0.2) is 23.7 Å². The molecular formula is C11H10ClFN2O3. The average Bonchev–Trinajstić information content (AvgIpc) is 2.28. The molecule has 0 bridgehead atoms. The van der Waals surface area contributed by atoms with Crippen LogP contribution in [0.5, 0.6) is 0 Å². The van der Waals surface area contributed by atoms with Crippen molar-refractivity contribution in [1.82, 2.24) is 5.32 Å². The number of hydrogen-bond acceptors (Lipinski definition) is 2. The lowest BCUT2D eigenvalue weighted by Crippen LogP contribution is -2.30. The molecule has 0 spiro atoms. The number of nitrogens with one attached hydrogen (secondary N) is 2. The molecule has 96 valence electrons. The van der Waals surface area contributed by atoms with Crippen LogP contribution < -0.4 is 10.6 Å². The molecule has 1 aromatic carbocycles. The Morgan fingerprint density at radius 2 is 2.11 bits per heavy atom. The molecule has 1 aromatic rings. The van der Waals surface area contributed by atoms with Crippen LogP contribution >= 0.6 is 11.6 Å². The smallest absolute Gasteiger partial charge is 0.337 e. The van der Waals surface area contributed by atoms with Crippen LogP contribution in [0.3, 0.4) is 0 Å². The van der Waals surface area contributed by atoms with E-state index in [4.69, 9.17) is 16.7 Å². The summed E-state index contributed by atoms with van der Waals surface area (Å²) >= 11 is 5.45. The summed E-state index contributed by atoms with van der Waals surface area (Å²) < 4.78 is 12.9. The first kappa shape index (κ1) is 14.0.